The summed E-state index contributed by atoms with van der Waals surface area (Å²) in [6, 6.07) is 2.04. The highest BCUT2D eigenvalue weighted by Crippen LogP contribution is 2.37. The van der Waals surface area contributed by atoms with E-state index in [0.29, 0.717) is 18.8 Å². The van der Waals surface area contributed by atoms with Crippen molar-refractivity contribution in [2.45, 2.75) is 39.2 Å². The summed E-state index contributed by atoms with van der Waals surface area (Å²) in [4.78, 5) is 13.6. The number of nitrogens with one attached hydrogen (secondary N) is 1. The first-order chi connectivity index (χ1) is 10.7. The van der Waals surface area contributed by atoms with Gasteiger partial charge in [-0.2, -0.15) is 0 Å². The summed E-state index contributed by atoms with van der Waals surface area (Å²) in [5.41, 5.74) is 2.45. The molecule has 22 heavy (non-hydrogen) atoms. The Bertz CT molecular complexity index is 660. The van der Waals surface area contributed by atoms with E-state index in [1.165, 1.54) is 4.88 Å². The number of nitrogens with zero attached hydrogens (tertiary/aromatic N) is 1. The lowest BCUT2D eigenvalue weighted by Crippen LogP contribution is -2.27. The van der Waals surface area contributed by atoms with Crippen molar-refractivity contribution in [3.8, 4) is 11.3 Å². The second-order valence-corrected chi connectivity index (χ2v) is 6.63. The monoisotopic (exact) mass is 320 g/mol. The molecule has 0 unspecified atom stereocenters. The van der Waals surface area contributed by atoms with Crippen molar-refractivity contribution in [3.63, 3.8) is 0 Å². The van der Waals surface area contributed by atoms with Crippen LogP contribution in [0.5, 0.6) is 0 Å². The molecule has 118 valence electrons. The third-order valence-corrected chi connectivity index (χ3v) is 4.63. The first-order valence-electron chi connectivity index (χ1n) is 7.62. The molecule has 0 saturated carbocycles. The number of rotatable bonds is 6. The summed E-state index contributed by atoms with van der Waals surface area (Å²) in [7, 11) is 0. The van der Waals surface area contributed by atoms with E-state index in [-0.39, 0.29) is 12.0 Å². The van der Waals surface area contributed by atoms with Crippen molar-refractivity contribution in [1.29, 1.82) is 0 Å². The van der Waals surface area contributed by atoms with Gasteiger partial charge in [-0.15, -0.1) is 11.3 Å². The molecule has 2 aromatic heterocycles. The third kappa shape index (κ3) is 3.08. The highest BCUT2D eigenvalue weighted by atomic mass is 32.1. The van der Waals surface area contributed by atoms with Crippen LogP contribution in [0.2, 0.25) is 0 Å². The van der Waals surface area contributed by atoms with Gasteiger partial charge in [0.25, 0.3) is 5.91 Å². The fourth-order valence-electron chi connectivity index (χ4n) is 2.58. The molecule has 2 aromatic rings. The van der Waals surface area contributed by atoms with E-state index in [1.807, 2.05) is 19.9 Å². The molecule has 0 fully saturated rings. The molecule has 0 aliphatic heterocycles. The van der Waals surface area contributed by atoms with Gasteiger partial charge in [-0.25, -0.2) is 0 Å². The Morgan fingerprint density at radius 1 is 1.50 bits per heavy atom. The van der Waals surface area contributed by atoms with E-state index in [9.17, 15) is 4.79 Å². The number of hydrogen-bond acceptors (Lipinski definition) is 5. The van der Waals surface area contributed by atoms with Gasteiger partial charge >= 0.3 is 0 Å². The van der Waals surface area contributed by atoms with E-state index in [4.69, 9.17) is 9.26 Å². The van der Waals surface area contributed by atoms with Gasteiger partial charge in [0.15, 0.2) is 11.5 Å². The van der Waals surface area contributed by atoms with Crippen LogP contribution in [0.15, 0.2) is 16.0 Å². The molecule has 3 rings (SSSR count). The molecule has 6 heteroatoms. The predicted molar refractivity (Wildman–Crippen MR) is 85.3 cm³/mol. The van der Waals surface area contributed by atoms with Crippen molar-refractivity contribution in [2.75, 3.05) is 13.2 Å². The Labute approximate surface area is 133 Å². The quantitative estimate of drug-likeness (QED) is 0.831. The topological polar surface area (TPSA) is 64.4 Å². The lowest BCUT2D eigenvalue weighted by Gasteiger charge is -2.11. The molecule has 0 radical (unpaired) electrons. The summed E-state index contributed by atoms with van der Waals surface area (Å²) >= 11 is 1.73. The number of amides is 1. The Morgan fingerprint density at radius 3 is 3.18 bits per heavy atom. The molecule has 0 spiro atoms. The smallest absolute Gasteiger partial charge is 0.273 e. The molecule has 1 N–H and O–H groups in total. The molecule has 1 amide bonds. The SMILES string of the molecule is CC(C)OCCCNC(=O)c1noc2c1CCc1sccc1-2. The Morgan fingerprint density at radius 2 is 2.36 bits per heavy atom. The van der Waals surface area contributed by atoms with Crippen molar-refractivity contribution < 1.29 is 14.1 Å². The average molecular weight is 320 g/mol. The summed E-state index contributed by atoms with van der Waals surface area (Å²) in [5, 5.41) is 8.93. The molecule has 5 nitrogen and oxygen atoms in total. The summed E-state index contributed by atoms with van der Waals surface area (Å²) < 4.78 is 10.9. The molecule has 1 aliphatic rings. The van der Waals surface area contributed by atoms with Crippen LogP contribution in [0.25, 0.3) is 11.3 Å². The van der Waals surface area contributed by atoms with Crippen LogP contribution in [-0.4, -0.2) is 30.3 Å². The second-order valence-electron chi connectivity index (χ2n) is 5.63. The fraction of sp³-hybridized carbons (Fsp3) is 0.500. The van der Waals surface area contributed by atoms with Crippen molar-refractivity contribution in [2.24, 2.45) is 0 Å². The van der Waals surface area contributed by atoms with Crippen molar-refractivity contribution >= 4 is 17.2 Å². The average Bonchev–Trinajstić information content (AvgIpc) is 3.11. The first kappa shape index (κ1) is 15.2. The van der Waals surface area contributed by atoms with Crippen LogP contribution in [0.3, 0.4) is 0 Å². The van der Waals surface area contributed by atoms with Crippen LogP contribution in [0.4, 0.5) is 0 Å². The minimum Gasteiger partial charge on any atom is -0.379 e. The van der Waals surface area contributed by atoms with E-state index in [2.05, 4.69) is 15.9 Å². The largest absolute Gasteiger partial charge is 0.379 e. The number of fused-ring (bicyclic) bond motifs is 3. The van der Waals surface area contributed by atoms with E-state index in [0.717, 1.165) is 36.1 Å². The van der Waals surface area contributed by atoms with Gasteiger partial charge in [0.05, 0.1) is 6.10 Å². The summed E-state index contributed by atoms with van der Waals surface area (Å²) in [6.07, 6.45) is 2.77. The van der Waals surface area contributed by atoms with Gasteiger partial charge in [0.2, 0.25) is 0 Å². The summed E-state index contributed by atoms with van der Waals surface area (Å²) in [5.74, 6) is 0.601. The summed E-state index contributed by atoms with van der Waals surface area (Å²) in [6.45, 7) is 5.22. The maximum absolute atomic E-state index is 12.3. The second kappa shape index (κ2) is 6.62. The zero-order chi connectivity index (χ0) is 15.5. The van der Waals surface area contributed by atoms with Gasteiger partial charge in [-0.3, -0.25) is 4.79 Å². The Kier molecular flexibility index (Phi) is 4.59. The van der Waals surface area contributed by atoms with Crippen molar-refractivity contribution in [1.82, 2.24) is 10.5 Å². The number of hydrogen-bond donors (Lipinski definition) is 1. The molecule has 1 aliphatic carbocycles. The minimum absolute atomic E-state index is 0.159. The van der Waals surface area contributed by atoms with Crippen LogP contribution in [0.1, 0.15) is 41.2 Å². The number of thiophene rings is 1. The maximum atomic E-state index is 12.3. The van der Waals surface area contributed by atoms with Crippen LogP contribution in [0, 0.1) is 0 Å². The zero-order valence-corrected chi connectivity index (χ0v) is 13.7. The van der Waals surface area contributed by atoms with E-state index >= 15 is 0 Å². The van der Waals surface area contributed by atoms with Gasteiger partial charge in [0.1, 0.15) is 0 Å². The van der Waals surface area contributed by atoms with Gasteiger partial charge in [-0.05, 0) is 44.6 Å². The molecule has 0 bridgehead atoms. The number of aromatic nitrogens is 1. The Hall–Kier alpha value is -1.66. The van der Waals surface area contributed by atoms with Crippen LogP contribution in [-0.2, 0) is 17.6 Å². The lowest BCUT2D eigenvalue weighted by atomic mass is 9.95. The van der Waals surface area contributed by atoms with Crippen molar-refractivity contribution in [3.05, 3.63) is 27.6 Å². The first-order valence-corrected chi connectivity index (χ1v) is 8.50. The molecular formula is C16H20N2O3S. The highest BCUT2D eigenvalue weighted by Gasteiger charge is 2.27. The molecule has 0 aromatic carbocycles. The molecule has 0 saturated heterocycles. The van der Waals surface area contributed by atoms with Gasteiger partial charge in [0, 0.05) is 29.2 Å². The minimum atomic E-state index is -0.159. The van der Waals surface area contributed by atoms with Gasteiger partial charge < -0.3 is 14.6 Å². The molecule has 0 atom stereocenters. The van der Waals surface area contributed by atoms with Crippen LogP contribution >= 0.6 is 11.3 Å². The Balaban J connectivity index is 1.61. The number of carbonyl (C=O) groups is 1. The number of carbonyl (C=O) groups excluding carboxylic acids is 1. The predicted octanol–water partition coefficient (Wildman–Crippen LogP) is 3.05. The normalized spacial score (nSPS) is 13.0. The number of aryl methyl sites for hydroxylation is 1. The van der Waals surface area contributed by atoms with E-state index in [1.54, 1.807) is 11.3 Å². The molecule has 2 heterocycles. The maximum Gasteiger partial charge on any atom is 0.273 e. The standard InChI is InChI=1S/C16H20N2O3S/c1-10(2)20-8-3-7-17-16(19)14-12-4-5-13-11(6-9-22-13)15(12)21-18-14/h6,9-10H,3-5,7-8H2,1-2H3,(H,17,19). The lowest BCUT2D eigenvalue weighted by molar-refractivity contribution is 0.0756. The van der Waals surface area contributed by atoms with Crippen LogP contribution < -0.4 is 5.32 Å². The fourth-order valence-corrected chi connectivity index (χ4v) is 3.46. The third-order valence-electron chi connectivity index (χ3n) is 3.65. The van der Waals surface area contributed by atoms with E-state index < -0.39 is 0 Å². The number of ether oxygens (including phenoxy) is 1. The molecular weight excluding hydrogens is 300 g/mol. The zero-order valence-electron chi connectivity index (χ0n) is 12.8. The van der Waals surface area contributed by atoms with Gasteiger partial charge in [-0.1, -0.05) is 5.16 Å². The highest BCUT2D eigenvalue weighted by molar-refractivity contribution is 7.10.